The highest BCUT2D eigenvalue weighted by molar-refractivity contribution is 5.93. The SMILES string of the molecule is CCOc1ccc(NC(=O)[C@@H]2CCCN(c3nccnc3Oc3ccccc3)C2)cc1. The summed E-state index contributed by atoms with van der Waals surface area (Å²) in [5.74, 6) is 2.45. The van der Waals surface area contributed by atoms with Crippen LogP contribution in [0.15, 0.2) is 67.0 Å². The minimum atomic E-state index is -0.146. The molecule has 0 unspecified atom stereocenters. The molecule has 1 aromatic heterocycles. The normalized spacial score (nSPS) is 15.9. The van der Waals surface area contributed by atoms with Gasteiger partial charge in [0.05, 0.1) is 12.5 Å². The first-order chi connectivity index (χ1) is 15.2. The van der Waals surface area contributed by atoms with Crippen molar-refractivity contribution in [2.45, 2.75) is 19.8 Å². The van der Waals surface area contributed by atoms with Crippen LogP contribution in [0.5, 0.6) is 17.4 Å². The van der Waals surface area contributed by atoms with Crippen molar-refractivity contribution in [3.05, 3.63) is 67.0 Å². The van der Waals surface area contributed by atoms with E-state index >= 15 is 0 Å². The number of hydrogen-bond acceptors (Lipinski definition) is 6. The quantitative estimate of drug-likeness (QED) is 0.608. The van der Waals surface area contributed by atoms with E-state index in [1.807, 2.05) is 61.5 Å². The van der Waals surface area contributed by atoms with Gasteiger partial charge in [-0.05, 0) is 56.2 Å². The molecular weight excluding hydrogens is 392 g/mol. The van der Waals surface area contributed by atoms with Crippen LogP contribution in [0.1, 0.15) is 19.8 Å². The van der Waals surface area contributed by atoms with Gasteiger partial charge < -0.3 is 19.7 Å². The van der Waals surface area contributed by atoms with Crippen LogP contribution >= 0.6 is 0 Å². The lowest BCUT2D eigenvalue weighted by Crippen LogP contribution is -2.41. The van der Waals surface area contributed by atoms with E-state index in [-0.39, 0.29) is 11.8 Å². The van der Waals surface area contributed by atoms with Crippen LogP contribution in [0, 0.1) is 5.92 Å². The van der Waals surface area contributed by atoms with Crippen molar-refractivity contribution < 1.29 is 14.3 Å². The molecular formula is C24H26N4O3. The molecule has 0 aliphatic carbocycles. The topological polar surface area (TPSA) is 76.6 Å². The maximum absolute atomic E-state index is 12.9. The van der Waals surface area contributed by atoms with Gasteiger partial charge in [0, 0.05) is 31.2 Å². The van der Waals surface area contributed by atoms with E-state index in [1.165, 1.54) is 0 Å². The van der Waals surface area contributed by atoms with Gasteiger partial charge in [-0.3, -0.25) is 4.79 Å². The van der Waals surface area contributed by atoms with Crippen molar-refractivity contribution in [1.82, 2.24) is 9.97 Å². The number of benzene rings is 2. The molecule has 7 nitrogen and oxygen atoms in total. The van der Waals surface area contributed by atoms with E-state index in [4.69, 9.17) is 9.47 Å². The Morgan fingerprint density at radius 2 is 1.84 bits per heavy atom. The van der Waals surface area contributed by atoms with Crippen LogP contribution in [0.2, 0.25) is 0 Å². The number of nitrogens with one attached hydrogen (secondary N) is 1. The third-order valence-corrected chi connectivity index (χ3v) is 5.13. The molecule has 0 bridgehead atoms. The number of rotatable bonds is 7. The van der Waals surface area contributed by atoms with Crippen molar-refractivity contribution >= 4 is 17.4 Å². The maximum atomic E-state index is 12.9. The van der Waals surface area contributed by atoms with Crippen molar-refractivity contribution in [2.24, 2.45) is 5.92 Å². The predicted molar refractivity (Wildman–Crippen MR) is 120 cm³/mol. The summed E-state index contributed by atoms with van der Waals surface area (Å²) in [5, 5.41) is 3.02. The lowest BCUT2D eigenvalue weighted by molar-refractivity contribution is -0.120. The van der Waals surface area contributed by atoms with Crippen LogP contribution in [-0.2, 0) is 4.79 Å². The van der Waals surface area contributed by atoms with E-state index in [9.17, 15) is 4.79 Å². The number of aromatic nitrogens is 2. The molecule has 1 fully saturated rings. The number of carbonyl (C=O) groups is 1. The van der Waals surface area contributed by atoms with Crippen molar-refractivity contribution in [1.29, 1.82) is 0 Å². The molecule has 2 aromatic carbocycles. The summed E-state index contributed by atoms with van der Waals surface area (Å²) >= 11 is 0. The lowest BCUT2D eigenvalue weighted by atomic mass is 9.97. The number of ether oxygens (including phenoxy) is 2. The summed E-state index contributed by atoms with van der Waals surface area (Å²) in [5.41, 5.74) is 0.762. The highest BCUT2D eigenvalue weighted by Gasteiger charge is 2.28. The minimum absolute atomic E-state index is 0.00304. The standard InChI is InChI=1S/C24H26N4O3/c1-2-30-20-12-10-19(11-13-20)27-23(29)18-7-6-16-28(17-18)22-24(26-15-14-25-22)31-21-8-4-3-5-9-21/h3-5,8-15,18H,2,6-7,16-17H2,1H3,(H,27,29)/t18-/m1/s1. The van der Waals surface area contributed by atoms with Crippen molar-refractivity contribution in [2.75, 3.05) is 29.9 Å². The largest absolute Gasteiger partial charge is 0.494 e. The second-order valence-corrected chi connectivity index (χ2v) is 7.33. The molecule has 2 heterocycles. The number of anilines is 2. The molecule has 0 spiro atoms. The zero-order valence-electron chi connectivity index (χ0n) is 17.5. The average molecular weight is 418 g/mol. The van der Waals surface area contributed by atoms with Gasteiger partial charge in [0.1, 0.15) is 11.5 Å². The fourth-order valence-electron chi connectivity index (χ4n) is 3.64. The summed E-state index contributed by atoms with van der Waals surface area (Å²) in [6.07, 6.45) is 4.98. The fourth-order valence-corrected chi connectivity index (χ4v) is 3.64. The number of para-hydroxylation sites is 1. The second kappa shape index (κ2) is 9.93. The van der Waals surface area contributed by atoms with E-state index in [2.05, 4.69) is 20.2 Å². The summed E-state index contributed by atoms with van der Waals surface area (Å²) in [4.78, 5) is 23.8. The Morgan fingerprint density at radius 1 is 1.06 bits per heavy atom. The molecule has 31 heavy (non-hydrogen) atoms. The van der Waals surface area contributed by atoms with E-state index in [0.29, 0.717) is 30.6 Å². The van der Waals surface area contributed by atoms with Gasteiger partial charge in [-0.2, -0.15) is 0 Å². The number of amides is 1. The van der Waals surface area contributed by atoms with Crippen LogP contribution in [0.3, 0.4) is 0 Å². The Hall–Kier alpha value is -3.61. The number of piperidine rings is 1. The first kappa shape index (κ1) is 20.7. The summed E-state index contributed by atoms with van der Waals surface area (Å²) in [7, 11) is 0. The zero-order chi connectivity index (χ0) is 21.5. The van der Waals surface area contributed by atoms with Crippen LogP contribution in [-0.4, -0.2) is 35.6 Å². The summed E-state index contributed by atoms with van der Waals surface area (Å²) in [6, 6.07) is 16.9. The van der Waals surface area contributed by atoms with Gasteiger partial charge in [-0.25, -0.2) is 9.97 Å². The minimum Gasteiger partial charge on any atom is -0.494 e. The molecule has 1 atom stereocenters. The second-order valence-electron chi connectivity index (χ2n) is 7.33. The Labute approximate surface area is 182 Å². The first-order valence-electron chi connectivity index (χ1n) is 10.6. The van der Waals surface area contributed by atoms with Gasteiger partial charge >= 0.3 is 0 Å². The summed E-state index contributed by atoms with van der Waals surface area (Å²) in [6.45, 7) is 3.92. The van der Waals surface area contributed by atoms with Crippen molar-refractivity contribution in [3.63, 3.8) is 0 Å². The molecule has 7 heteroatoms. The van der Waals surface area contributed by atoms with Gasteiger partial charge in [-0.1, -0.05) is 18.2 Å². The first-order valence-corrected chi connectivity index (χ1v) is 10.6. The molecule has 1 aliphatic rings. The molecule has 4 rings (SSSR count). The Kier molecular flexibility index (Phi) is 6.62. The van der Waals surface area contributed by atoms with Gasteiger partial charge in [0.15, 0.2) is 5.82 Å². The third-order valence-electron chi connectivity index (χ3n) is 5.13. The molecule has 1 saturated heterocycles. The third kappa shape index (κ3) is 5.31. The molecule has 160 valence electrons. The highest BCUT2D eigenvalue weighted by atomic mass is 16.5. The van der Waals surface area contributed by atoms with E-state index < -0.39 is 0 Å². The van der Waals surface area contributed by atoms with E-state index in [1.54, 1.807) is 12.4 Å². The Morgan fingerprint density at radius 3 is 2.61 bits per heavy atom. The number of carbonyl (C=O) groups excluding carboxylic acids is 1. The lowest BCUT2D eigenvalue weighted by Gasteiger charge is -2.33. The van der Waals surface area contributed by atoms with Gasteiger partial charge in [0.2, 0.25) is 5.91 Å². The molecule has 1 aliphatic heterocycles. The molecule has 0 radical (unpaired) electrons. The number of hydrogen-bond donors (Lipinski definition) is 1. The monoisotopic (exact) mass is 418 g/mol. The van der Waals surface area contributed by atoms with Gasteiger partial charge in [-0.15, -0.1) is 0 Å². The van der Waals surface area contributed by atoms with Crippen LogP contribution in [0.25, 0.3) is 0 Å². The Bertz CT molecular complexity index is 995. The van der Waals surface area contributed by atoms with E-state index in [0.717, 1.165) is 30.8 Å². The smallest absolute Gasteiger partial charge is 0.263 e. The zero-order valence-corrected chi connectivity index (χ0v) is 17.5. The molecule has 3 aromatic rings. The maximum Gasteiger partial charge on any atom is 0.263 e. The molecule has 1 amide bonds. The van der Waals surface area contributed by atoms with Crippen LogP contribution < -0.4 is 19.7 Å². The summed E-state index contributed by atoms with van der Waals surface area (Å²) < 4.78 is 11.4. The van der Waals surface area contributed by atoms with Gasteiger partial charge in [0.25, 0.3) is 5.88 Å². The van der Waals surface area contributed by atoms with Crippen LogP contribution in [0.4, 0.5) is 11.5 Å². The Balaban J connectivity index is 1.43. The molecule has 0 saturated carbocycles. The average Bonchev–Trinajstić information content (AvgIpc) is 2.82. The van der Waals surface area contributed by atoms with Crippen molar-refractivity contribution in [3.8, 4) is 17.4 Å². The predicted octanol–water partition coefficient (Wildman–Crippen LogP) is 4.52. The highest BCUT2D eigenvalue weighted by Crippen LogP contribution is 2.31. The molecule has 1 N–H and O–H groups in total. The fraction of sp³-hybridized carbons (Fsp3) is 0.292. The number of nitrogens with zero attached hydrogens (tertiary/aromatic N) is 3.